The van der Waals surface area contributed by atoms with Crippen LogP contribution < -0.4 is 15.7 Å². The molecule has 59 heavy (non-hydrogen) atoms. The van der Waals surface area contributed by atoms with Crippen molar-refractivity contribution in [2.24, 2.45) is 0 Å². The minimum atomic E-state index is -0.0426. The molecule has 0 unspecified atom stereocenters. The van der Waals surface area contributed by atoms with Gasteiger partial charge in [-0.3, -0.25) is 0 Å². The summed E-state index contributed by atoms with van der Waals surface area (Å²) in [7, 11) is 0. The van der Waals surface area contributed by atoms with E-state index in [1.165, 1.54) is 97.8 Å². The van der Waals surface area contributed by atoms with Gasteiger partial charge in [-0.25, -0.2) is 0 Å². The van der Waals surface area contributed by atoms with Crippen LogP contribution in [-0.2, 0) is 16.2 Å². The van der Waals surface area contributed by atoms with Crippen molar-refractivity contribution in [3.63, 3.8) is 0 Å². The molecule has 3 aromatic heterocycles. The van der Waals surface area contributed by atoms with Crippen LogP contribution in [0.25, 0.3) is 80.7 Å². The van der Waals surface area contributed by atoms with Crippen molar-refractivity contribution in [3.8, 4) is 16.8 Å². The Morgan fingerprint density at radius 1 is 0.492 bits per heavy atom. The molecule has 5 heterocycles. The smallest absolute Gasteiger partial charge is 0.333 e. The normalized spacial score (nSPS) is 14.1. The first-order valence-corrected chi connectivity index (χ1v) is 21.9. The molecule has 0 saturated heterocycles. The Bertz CT molecular complexity index is 3450. The molecule has 0 radical (unpaired) electrons. The highest BCUT2D eigenvalue weighted by molar-refractivity contribution is 7.25. The molecule has 0 amide bonds. The first-order valence-electron chi connectivity index (χ1n) is 21.1. The van der Waals surface area contributed by atoms with Crippen molar-refractivity contribution in [3.05, 3.63) is 138 Å². The molecule has 7 aromatic carbocycles. The number of benzene rings is 7. The van der Waals surface area contributed by atoms with Gasteiger partial charge in [0.1, 0.15) is 11.2 Å². The van der Waals surface area contributed by atoms with Gasteiger partial charge in [0, 0.05) is 70.4 Å². The van der Waals surface area contributed by atoms with Gasteiger partial charge in [-0.05, 0) is 98.0 Å². The van der Waals surface area contributed by atoms with Crippen molar-refractivity contribution < 1.29 is 4.42 Å². The van der Waals surface area contributed by atoms with E-state index in [-0.39, 0.29) is 23.1 Å². The van der Waals surface area contributed by atoms with Gasteiger partial charge in [0.2, 0.25) is 0 Å². The fraction of sp³-hybridized carbons (Fsp3) is 0.222. The number of fused-ring (bicyclic) bond motifs is 14. The van der Waals surface area contributed by atoms with Crippen molar-refractivity contribution in [2.75, 3.05) is 4.81 Å². The van der Waals surface area contributed by atoms with Crippen molar-refractivity contribution >= 4 is 104 Å². The Labute approximate surface area is 350 Å². The summed E-state index contributed by atoms with van der Waals surface area (Å²) < 4.78 is 11.8. The number of para-hydroxylation sites is 1. The average molecular weight is 783 g/mol. The summed E-state index contributed by atoms with van der Waals surface area (Å²) in [5.74, 6) is 0. The highest BCUT2D eigenvalue weighted by Gasteiger charge is 2.44. The molecule has 10 aromatic rings. The maximum absolute atomic E-state index is 6.56. The standard InChI is InChI=1S/C54H47BN2OS/c1-52(2,3)30-14-18-33(19-15-30)57-45-29-49-41(35-20-16-32(54(7,8)9)25-48(35)59-49)27-38(45)36-21-22-37-39-26-40-34-12-10-11-13-46(34)58-47(40)28-44(39)56-43-23-17-31(53(4,5)6)24-42(43)55(57)50(36)51(37)56/h10-29H,1-9H3. The van der Waals surface area contributed by atoms with E-state index in [4.69, 9.17) is 4.42 Å². The van der Waals surface area contributed by atoms with Crippen molar-refractivity contribution in [1.82, 2.24) is 4.57 Å². The molecule has 2 aliphatic heterocycles. The van der Waals surface area contributed by atoms with Gasteiger partial charge in [0.25, 0.3) is 0 Å². The topological polar surface area (TPSA) is 21.3 Å². The van der Waals surface area contributed by atoms with Gasteiger partial charge in [0.15, 0.2) is 0 Å². The maximum atomic E-state index is 6.56. The molecule has 2 aliphatic rings. The summed E-state index contributed by atoms with van der Waals surface area (Å²) in [6.45, 7) is 20.8. The Hall–Kier alpha value is -5.78. The van der Waals surface area contributed by atoms with E-state index >= 15 is 0 Å². The molecule has 0 saturated carbocycles. The number of rotatable bonds is 1. The van der Waals surface area contributed by atoms with Gasteiger partial charge in [-0.1, -0.05) is 129 Å². The second kappa shape index (κ2) is 11.5. The fourth-order valence-electron chi connectivity index (χ4n) is 10.2. The van der Waals surface area contributed by atoms with Crippen LogP contribution in [0.1, 0.15) is 79.0 Å². The summed E-state index contributed by atoms with van der Waals surface area (Å²) >= 11 is 1.93. The zero-order valence-corrected chi connectivity index (χ0v) is 36.2. The zero-order valence-electron chi connectivity index (χ0n) is 35.3. The number of aromatic nitrogens is 1. The number of hydrogen-bond acceptors (Lipinski definition) is 3. The summed E-state index contributed by atoms with van der Waals surface area (Å²) in [4.78, 5) is 2.68. The van der Waals surface area contributed by atoms with Gasteiger partial charge in [-0.2, -0.15) is 0 Å². The van der Waals surface area contributed by atoms with Gasteiger partial charge in [-0.15, -0.1) is 11.3 Å². The van der Waals surface area contributed by atoms with E-state index in [1.54, 1.807) is 0 Å². The predicted molar refractivity (Wildman–Crippen MR) is 256 cm³/mol. The van der Waals surface area contributed by atoms with E-state index in [1.807, 2.05) is 11.3 Å². The van der Waals surface area contributed by atoms with Crippen LogP contribution in [0.3, 0.4) is 0 Å². The summed E-state index contributed by atoms with van der Waals surface area (Å²) in [5.41, 5.74) is 17.5. The van der Waals surface area contributed by atoms with Crippen LogP contribution in [0.4, 0.5) is 11.4 Å². The zero-order chi connectivity index (χ0) is 40.5. The van der Waals surface area contributed by atoms with Gasteiger partial charge in [0.05, 0.1) is 11.0 Å². The largest absolute Gasteiger partial charge is 0.456 e. The molecule has 12 rings (SSSR count). The molecule has 0 fully saturated rings. The Kier molecular flexibility index (Phi) is 6.85. The lowest BCUT2D eigenvalue weighted by molar-refractivity contribution is 0.590. The van der Waals surface area contributed by atoms with E-state index in [9.17, 15) is 0 Å². The Morgan fingerprint density at radius 2 is 1.17 bits per heavy atom. The van der Waals surface area contributed by atoms with Crippen LogP contribution in [-0.4, -0.2) is 11.4 Å². The summed E-state index contributed by atoms with van der Waals surface area (Å²) in [5, 5.41) is 7.53. The lowest BCUT2D eigenvalue weighted by Crippen LogP contribution is -2.60. The molecule has 288 valence electrons. The van der Waals surface area contributed by atoms with Crippen LogP contribution >= 0.6 is 11.3 Å². The maximum Gasteiger partial charge on any atom is 0.333 e. The fourth-order valence-corrected chi connectivity index (χ4v) is 11.4. The highest BCUT2D eigenvalue weighted by atomic mass is 32.1. The lowest BCUT2D eigenvalue weighted by Gasteiger charge is -2.42. The third kappa shape index (κ3) is 4.88. The van der Waals surface area contributed by atoms with Crippen molar-refractivity contribution in [1.29, 1.82) is 0 Å². The molecular formula is C54H47BN2OS. The first-order chi connectivity index (χ1) is 28.1. The SMILES string of the molecule is CC(C)(C)c1ccc(N2B3c4cc(C(C)(C)C)ccc4-n4c5cc6oc7ccccc7c6cc5c5ccc(c3c54)-c3cc4c(cc32)sc2cc(C(C)(C)C)ccc24)cc1. The minimum absolute atomic E-state index is 0.0236. The highest BCUT2D eigenvalue weighted by Crippen LogP contribution is 2.50. The monoisotopic (exact) mass is 782 g/mol. The van der Waals surface area contributed by atoms with Crippen molar-refractivity contribution in [2.45, 2.75) is 78.6 Å². The molecule has 0 spiro atoms. The summed E-state index contributed by atoms with van der Waals surface area (Å²) in [6, 6.07) is 46.8. The molecule has 0 bridgehead atoms. The number of furan rings is 1. The van der Waals surface area contributed by atoms with Crippen LogP contribution in [0.5, 0.6) is 0 Å². The second-order valence-corrected chi connectivity index (χ2v) is 21.3. The first kappa shape index (κ1) is 35.2. The molecule has 5 heteroatoms. The molecular weight excluding hydrogens is 735 g/mol. The van der Waals surface area contributed by atoms with Crippen LogP contribution in [0.2, 0.25) is 0 Å². The van der Waals surface area contributed by atoms with Gasteiger partial charge < -0.3 is 13.8 Å². The summed E-state index contributed by atoms with van der Waals surface area (Å²) in [6.07, 6.45) is 0. The molecule has 0 aliphatic carbocycles. The quantitative estimate of drug-likeness (QED) is 0.155. The van der Waals surface area contributed by atoms with Crippen LogP contribution in [0, 0.1) is 0 Å². The number of anilines is 2. The van der Waals surface area contributed by atoms with E-state index < -0.39 is 0 Å². The third-order valence-electron chi connectivity index (χ3n) is 13.4. The second-order valence-electron chi connectivity index (χ2n) is 20.2. The van der Waals surface area contributed by atoms with Gasteiger partial charge >= 0.3 is 6.85 Å². The molecule has 0 N–H and O–H groups in total. The molecule has 0 atom stereocenters. The number of nitrogens with zero attached hydrogens (tertiary/aromatic N) is 2. The molecule has 3 nitrogen and oxygen atoms in total. The Balaban J connectivity index is 1.23. The lowest BCUT2D eigenvalue weighted by atomic mass is 9.43. The minimum Gasteiger partial charge on any atom is -0.456 e. The Morgan fingerprint density at radius 3 is 1.93 bits per heavy atom. The predicted octanol–water partition coefficient (Wildman–Crippen LogP) is 14.2. The van der Waals surface area contributed by atoms with Crippen LogP contribution in [0.15, 0.2) is 126 Å². The van der Waals surface area contributed by atoms with E-state index in [2.05, 4.69) is 193 Å². The van der Waals surface area contributed by atoms with E-state index in [0.29, 0.717) is 0 Å². The van der Waals surface area contributed by atoms with E-state index in [0.717, 1.165) is 21.9 Å². The number of hydrogen-bond donors (Lipinski definition) is 0. The average Bonchev–Trinajstić information content (AvgIpc) is 3.86. The third-order valence-corrected chi connectivity index (χ3v) is 14.6. The number of thiophene rings is 1.